The molecule has 0 bridgehead atoms. The molecule has 200 valence electrons. The van der Waals surface area contributed by atoms with Crippen LogP contribution in [0.15, 0.2) is 18.2 Å². The van der Waals surface area contributed by atoms with Crippen molar-refractivity contribution in [3.05, 3.63) is 23.8 Å². The van der Waals surface area contributed by atoms with Crippen molar-refractivity contribution in [2.75, 3.05) is 47.1 Å². The Bertz CT molecular complexity index is 643. The van der Waals surface area contributed by atoms with Gasteiger partial charge >= 0.3 is 0 Å². The third-order valence-electron chi connectivity index (χ3n) is 6.63. The van der Waals surface area contributed by atoms with Crippen molar-refractivity contribution in [3.63, 3.8) is 0 Å². The number of aliphatic hydroxyl groups excluding tert-OH is 1. The second-order valence-electron chi connectivity index (χ2n) is 9.57. The molecule has 0 saturated carbocycles. The number of hydrogen-bond acceptors (Lipinski definition) is 6. The molecule has 1 aromatic rings. The zero-order valence-corrected chi connectivity index (χ0v) is 23.2. The van der Waals surface area contributed by atoms with E-state index in [1.165, 1.54) is 31.2 Å². The van der Waals surface area contributed by atoms with Gasteiger partial charge < -0.3 is 30.0 Å². The van der Waals surface area contributed by atoms with E-state index in [1.807, 2.05) is 6.07 Å². The van der Waals surface area contributed by atoms with Crippen LogP contribution < -0.4 is 15.2 Å². The van der Waals surface area contributed by atoms with Gasteiger partial charge in [-0.15, -0.1) is 24.8 Å². The molecule has 0 amide bonds. The van der Waals surface area contributed by atoms with Crippen LogP contribution in [0.1, 0.15) is 57.9 Å². The van der Waals surface area contributed by atoms with E-state index in [0.29, 0.717) is 31.6 Å². The molecule has 34 heavy (non-hydrogen) atoms. The molecule has 3 atom stereocenters. The molecule has 0 radical (unpaired) electrons. The Hall–Kier alpha value is -0.760. The van der Waals surface area contributed by atoms with Gasteiger partial charge in [-0.1, -0.05) is 32.8 Å². The van der Waals surface area contributed by atoms with Crippen molar-refractivity contribution < 1.29 is 19.3 Å². The zero-order valence-electron chi connectivity index (χ0n) is 21.5. The number of nitrogens with two attached hydrogens (primary N) is 1. The lowest BCUT2D eigenvalue weighted by atomic mass is 9.83. The van der Waals surface area contributed by atoms with E-state index in [2.05, 4.69) is 30.9 Å². The summed E-state index contributed by atoms with van der Waals surface area (Å²) in [6.45, 7) is 8.60. The number of hydrogen-bond donors (Lipinski definition) is 2. The minimum Gasteiger partial charge on any atom is -0.493 e. The van der Waals surface area contributed by atoms with E-state index in [0.717, 1.165) is 43.9 Å². The van der Waals surface area contributed by atoms with Crippen LogP contribution in [-0.4, -0.2) is 69.2 Å². The van der Waals surface area contributed by atoms with Crippen LogP contribution in [0.5, 0.6) is 11.5 Å². The molecule has 0 aromatic heterocycles. The summed E-state index contributed by atoms with van der Waals surface area (Å²) in [7, 11) is 3.36. The molecule has 8 heteroatoms. The van der Waals surface area contributed by atoms with Crippen LogP contribution in [-0.2, 0) is 11.2 Å². The van der Waals surface area contributed by atoms with Crippen molar-refractivity contribution in [2.24, 2.45) is 17.6 Å². The third kappa shape index (κ3) is 11.8. The molecule has 1 heterocycles. The Balaban J connectivity index is 0.00000544. The van der Waals surface area contributed by atoms with Crippen LogP contribution in [0.2, 0.25) is 0 Å². The second kappa shape index (κ2) is 18.5. The van der Waals surface area contributed by atoms with E-state index < -0.39 is 6.10 Å². The van der Waals surface area contributed by atoms with Crippen molar-refractivity contribution in [2.45, 2.75) is 70.9 Å². The molecule has 1 aliphatic heterocycles. The van der Waals surface area contributed by atoms with Gasteiger partial charge in [0.2, 0.25) is 0 Å². The molecule has 1 saturated heterocycles. The van der Waals surface area contributed by atoms with Crippen molar-refractivity contribution in [3.8, 4) is 11.5 Å². The van der Waals surface area contributed by atoms with Crippen LogP contribution in [0.4, 0.5) is 0 Å². The van der Waals surface area contributed by atoms with Gasteiger partial charge in [-0.05, 0) is 68.3 Å². The fraction of sp³-hybridized carbons (Fsp3) is 0.769. The second-order valence-corrected chi connectivity index (χ2v) is 9.57. The van der Waals surface area contributed by atoms with Crippen LogP contribution >= 0.6 is 24.8 Å². The van der Waals surface area contributed by atoms with E-state index in [9.17, 15) is 5.11 Å². The van der Waals surface area contributed by atoms with Gasteiger partial charge in [0.1, 0.15) is 0 Å². The standard InChI is InChI=1S/C26H46N2O4.2ClH/c1-20(2)22(18-23(27)24(29)19-28-12-7-5-6-8-13-28)16-21-10-11-25(31-4)26(17-21)32-15-9-14-30-3;;/h10-11,17,20,22-24,29H,5-9,12-16,18-19,27H2,1-4H3;2*1H/t22-,23-,24-;;/m0../s1. The van der Waals surface area contributed by atoms with Crippen LogP contribution in [0.25, 0.3) is 0 Å². The Morgan fingerprint density at radius 1 is 1.00 bits per heavy atom. The highest BCUT2D eigenvalue weighted by Gasteiger charge is 2.25. The Morgan fingerprint density at radius 3 is 2.26 bits per heavy atom. The normalized spacial score (nSPS) is 17.1. The molecule has 2 rings (SSSR count). The fourth-order valence-corrected chi connectivity index (χ4v) is 4.47. The van der Waals surface area contributed by atoms with Gasteiger partial charge in [-0.25, -0.2) is 0 Å². The molecule has 1 aliphatic rings. The molecule has 3 N–H and O–H groups in total. The molecule has 1 fully saturated rings. The predicted octanol–water partition coefficient (Wildman–Crippen LogP) is 4.72. The van der Waals surface area contributed by atoms with E-state index in [1.54, 1.807) is 14.2 Å². The number of nitrogens with zero attached hydrogens (tertiary/aromatic N) is 1. The predicted molar refractivity (Wildman–Crippen MR) is 145 cm³/mol. The molecule has 0 spiro atoms. The summed E-state index contributed by atoms with van der Waals surface area (Å²) >= 11 is 0. The van der Waals surface area contributed by atoms with Gasteiger partial charge in [-0.2, -0.15) is 0 Å². The fourth-order valence-electron chi connectivity index (χ4n) is 4.47. The molecule has 1 aromatic carbocycles. The number of β-amino-alcohol motifs (C(OH)–C–C–N with tert-alkyl or cyclic N) is 1. The molecular weight excluding hydrogens is 475 g/mol. The number of halogens is 2. The Morgan fingerprint density at radius 2 is 1.68 bits per heavy atom. The molecule has 0 unspecified atom stereocenters. The zero-order chi connectivity index (χ0) is 23.3. The summed E-state index contributed by atoms with van der Waals surface area (Å²) in [5.41, 5.74) is 7.71. The number of ether oxygens (including phenoxy) is 3. The van der Waals surface area contributed by atoms with Gasteiger partial charge in [-0.3, -0.25) is 0 Å². The maximum atomic E-state index is 10.8. The first kappa shape index (κ1) is 33.2. The Kier molecular flexibility index (Phi) is 18.1. The maximum absolute atomic E-state index is 10.8. The number of benzene rings is 1. The first-order valence-electron chi connectivity index (χ1n) is 12.4. The smallest absolute Gasteiger partial charge is 0.161 e. The topological polar surface area (TPSA) is 77.2 Å². The average Bonchev–Trinajstić information content (AvgIpc) is 3.05. The number of likely N-dealkylation sites (tertiary alicyclic amines) is 1. The van der Waals surface area contributed by atoms with E-state index in [4.69, 9.17) is 19.9 Å². The van der Waals surface area contributed by atoms with Crippen LogP contribution in [0, 0.1) is 11.8 Å². The largest absolute Gasteiger partial charge is 0.493 e. The summed E-state index contributed by atoms with van der Waals surface area (Å²) < 4.78 is 16.5. The summed E-state index contributed by atoms with van der Waals surface area (Å²) in [6.07, 6.45) is 7.12. The molecular formula is C26H48Cl2N2O4. The first-order chi connectivity index (χ1) is 15.4. The van der Waals surface area contributed by atoms with Crippen LogP contribution in [0.3, 0.4) is 0 Å². The molecule has 0 aliphatic carbocycles. The minimum atomic E-state index is -0.482. The van der Waals surface area contributed by atoms with Gasteiger partial charge in [0.05, 0.1) is 19.8 Å². The number of aliphatic hydroxyl groups is 1. The summed E-state index contributed by atoms with van der Waals surface area (Å²) in [4.78, 5) is 2.39. The molecule has 6 nitrogen and oxygen atoms in total. The highest BCUT2D eigenvalue weighted by atomic mass is 35.5. The average molecular weight is 524 g/mol. The Labute approximate surface area is 219 Å². The first-order valence-corrected chi connectivity index (χ1v) is 12.4. The van der Waals surface area contributed by atoms with Crippen molar-refractivity contribution >= 4 is 24.8 Å². The summed E-state index contributed by atoms with van der Waals surface area (Å²) in [5, 5.41) is 10.8. The minimum absolute atomic E-state index is 0. The van der Waals surface area contributed by atoms with Gasteiger partial charge in [0.15, 0.2) is 11.5 Å². The summed E-state index contributed by atoms with van der Waals surface area (Å²) in [6, 6.07) is 5.95. The lowest BCUT2D eigenvalue weighted by Crippen LogP contribution is -2.45. The van der Waals surface area contributed by atoms with Gasteiger partial charge in [0.25, 0.3) is 0 Å². The van der Waals surface area contributed by atoms with E-state index >= 15 is 0 Å². The van der Waals surface area contributed by atoms with Gasteiger partial charge in [0, 0.05) is 32.7 Å². The monoisotopic (exact) mass is 522 g/mol. The SMILES string of the molecule is COCCCOc1cc(C[C@@H](C[C@H](N)[C@@H](O)CN2CCCCCC2)C(C)C)ccc1OC.Cl.Cl. The maximum Gasteiger partial charge on any atom is 0.161 e. The third-order valence-corrected chi connectivity index (χ3v) is 6.63. The van der Waals surface area contributed by atoms with E-state index in [-0.39, 0.29) is 30.9 Å². The number of rotatable bonds is 14. The highest BCUT2D eigenvalue weighted by Crippen LogP contribution is 2.31. The summed E-state index contributed by atoms with van der Waals surface area (Å²) in [5.74, 6) is 2.38. The lowest BCUT2D eigenvalue weighted by molar-refractivity contribution is 0.0812. The number of methoxy groups -OCH3 is 2. The highest BCUT2D eigenvalue weighted by molar-refractivity contribution is 5.85. The van der Waals surface area contributed by atoms with Crippen molar-refractivity contribution in [1.29, 1.82) is 0 Å². The lowest BCUT2D eigenvalue weighted by Gasteiger charge is -2.30. The quantitative estimate of drug-likeness (QED) is 0.344. The van der Waals surface area contributed by atoms with Crippen molar-refractivity contribution in [1.82, 2.24) is 4.90 Å².